The van der Waals surface area contributed by atoms with Crippen LogP contribution >= 0.6 is 0 Å². The van der Waals surface area contributed by atoms with Crippen molar-refractivity contribution in [3.05, 3.63) is 65.0 Å². The maximum Gasteiger partial charge on any atom is 0.416 e. The molecule has 6 nitrogen and oxygen atoms in total. The molecule has 2 aromatic carbocycles. The maximum atomic E-state index is 15.3. The van der Waals surface area contributed by atoms with Crippen LogP contribution in [0.15, 0.2) is 47.4 Å². The third-order valence-corrected chi connectivity index (χ3v) is 10.9. The molecule has 202 valence electrons. The minimum absolute atomic E-state index is 0.0228. The highest BCUT2D eigenvalue weighted by atomic mass is 32.2. The van der Waals surface area contributed by atoms with E-state index in [-0.39, 0.29) is 34.3 Å². The zero-order valence-electron chi connectivity index (χ0n) is 20.2. The average molecular weight is 551 g/mol. The Kier molecular flexibility index (Phi) is 5.52. The third-order valence-electron chi connectivity index (χ3n) is 8.60. The average Bonchev–Trinajstić information content (AvgIpc) is 3.73. The SMILES string of the molecule is NC(=O)C1CC2CC2([C@@H](c2ccc(C(F)(F)F)cc2F)C2CC2)N1C(=O)c1cccc(S(=O)(=O)C2CC2)c1. The Morgan fingerprint density at radius 2 is 1.76 bits per heavy atom. The molecule has 38 heavy (non-hydrogen) atoms. The van der Waals surface area contributed by atoms with Crippen molar-refractivity contribution in [2.24, 2.45) is 17.6 Å². The van der Waals surface area contributed by atoms with Crippen molar-refractivity contribution in [1.82, 2.24) is 4.90 Å². The Bertz CT molecular complexity index is 1450. The van der Waals surface area contributed by atoms with Gasteiger partial charge in [0.1, 0.15) is 11.9 Å². The molecule has 6 rings (SSSR count). The highest BCUT2D eigenvalue weighted by Crippen LogP contribution is 2.69. The van der Waals surface area contributed by atoms with Crippen molar-refractivity contribution >= 4 is 21.7 Å². The normalized spacial score (nSPS) is 27.6. The van der Waals surface area contributed by atoms with Gasteiger partial charge in [-0.1, -0.05) is 12.1 Å². The van der Waals surface area contributed by atoms with E-state index < -0.39 is 62.0 Å². The number of benzene rings is 2. The van der Waals surface area contributed by atoms with Gasteiger partial charge in [0.15, 0.2) is 9.84 Å². The summed E-state index contributed by atoms with van der Waals surface area (Å²) in [5.74, 6) is -3.15. The monoisotopic (exact) mass is 550 g/mol. The number of hydrogen-bond acceptors (Lipinski definition) is 4. The smallest absolute Gasteiger partial charge is 0.368 e. The molecule has 3 saturated carbocycles. The molecule has 0 spiro atoms. The fourth-order valence-corrected chi connectivity index (χ4v) is 8.22. The minimum atomic E-state index is -4.70. The molecule has 1 aliphatic heterocycles. The van der Waals surface area contributed by atoms with Crippen molar-refractivity contribution < 1.29 is 35.6 Å². The van der Waals surface area contributed by atoms with Crippen molar-refractivity contribution in [3.63, 3.8) is 0 Å². The Labute approximate surface area is 217 Å². The largest absolute Gasteiger partial charge is 0.416 e. The van der Waals surface area contributed by atoms with Gasteiger partial charge < -0.3 is 10.6 Å². The molecular weight excluding hydrogens is 524 g/mol. The summed E-state index contributed by atoms with van der Waals surface area (Å²) in [5.41, 5.74) is 3.78. The van der Waals surface area contributed by atoms with E-state index in [4.69, 9.17) is 5.73 Å². The Balaban J connectivity index is 1.42. The molecule has 1 saturated heterocycles. The fourth-order valence-electron chi connectivity index (χ4n) is 6.52. The predicted octanol–water partition coefficient (Wildman–Crippen LogP) is 4.43. The summed E-state index contributed by atoms with van der Waals surface area (Å²) in [5, 5.41) is -0.473. The summed E-state index contributed by atoms with van der Waals surface area (Å²) in [6.45, 7) is 0. The van der Waals surface area contributed by atoms with Crippen LogP contribution in [0, 0.1) is 17.7 Å². The van der Waals surface area contributed by atoms with E-state index in [0.29, 0.717) is 25.3 Å². The molecular formula is C27H26F4N2O4S. The molecule has 0 radical (unpaired) electrons. The number of nitrogens with zero attached hydrogens (tertiary/aromatic N) is 1. The molecule has 4 fully saturated rings. The van der Waals surface area contributed by atoms with Gasteiger partial charge in [-0.3, -0.25) is 9.59 Å². The number of hydrogen-bond donors (Lipinski definition) is 1. The first kappa shape index (κ1) is 25.3. The minimum Gasteiger partial charge on any atom is -0.368 e. The van der Waals surface area contributed by atoms with Crippen LogP contribution < -0.4 is 5.73 Å². The quantitative estimate of drug-likeness (QED) is 0.516. The Morgan fingerprint density at radius 1 is 1.05 bits per heavy atom. The first-order chi connectivity index (χ1) is 17.9. The zero-order valence-corrected chi connectivity index (χ0v) is 21.1. The van der Waals surface area contributed by atoms with E-state index in [9.17, 15) is 31.2 Å². The lowest BCUT2D eigenvalue weighted by atomic mass is 9.82. The lowest BCUT2D eigenvalue weighted by Gasteiger charge is -2.39. The van der Waals surface area contributed by atoms with Gasteiger partial charge in [-0.2, -0.15) is 13.2 Å². The number of carbonyl (C=O) groups is 2. The standard InChI is InChI=1S/C27H26F4N2O4S/c28-21-11-16(27(29,30)31)6-9-20(21)23(14-4-5-14)26-13-17(26)12-22(24(32)34)33(26)25(35)15-2-1-3-19(10-15)38(36,37)18-7-8-18/h1-3,6,9-11,14,17-18,22-23H,4-5,7-8,12-13H2,(H2,32,34)/t17?,22?,23-,26?/m1/s1. The van der Waals surface area contributed by atoms with Gasteiger partial charge >= 0.3 is 6.18 Å². The third kappa shape index (κ3) is 3.92. The predicted molar refractivity (Wildman–Crippen MR) is 128 cm³/mol. The van der Waals surface area contributed by atoms with Crippen LogP contribution in [0.25, 0.3) is 0 Å². The van der Waals surface area contributed by atoms with Crippen LogP contribution in [-0.2, 0) is 20.8 Å². The number of alkyl halides is 3. The highest BCUT2D eigenvalue weighted by Gasteiger charge is 2.73. The van der Waals surface area contributed by atoms with E-state index in [1.54, 1.807) is 0 Å². The summed E-state index contributed by atoms with van der Waals surface area (Å²) < 4.78 is 80.5. The fraction of sp³-hybridized carbons (Fsp3) is 0.481. The van der Waals surface area contributed by atoms with Crippen molar-refractivity contribution in [2.45, 2.75) is 72.3 Å². The summed E-state index contributed by atoms with van der Waals surface area (Å²) in [6.07, 6.45) is -1.41. The van der Waals surface area contributed by atoms with Crippen LogP contribution in [0.2, 0.25) is 0 Å². The molecule has 0 aromatic heterocycles. The van der Waals surface area contributed by atoms with Crippen LogP contribution in [-0.4, -0.2) is 42.0 Å². The van der Waals surface area contributed by atoms with E-state index >= 15 is 4.39 Å². The Morgan fingerprint density at radius 3 is 2.34 bits per heavy atom. The van der Waals surface area contributed by atoms with E-state index in [1.807, 2.05) is 0 Å². The number of amides is 2. The molecule has 11 heteroatoms. The first-order valence-electron chi connectivity index (χ1n) is 12.7. The number of sulfone groups is 1. The lowest BCUT2D eigenvalue weighted by Crippen LogP contribution is -2.53. The van der Waals surface area contributed by atoms with Crippen LogP contribution in [0.1, 0.15) is 65.9 Å². The Hall–Kier alpha value is -2.95. The van der Waals surface area contributed by atoms with Crippen LogP contribution in [0.3, 0.4) is 0 Å². The van der Waals surface area contributed by atoms with E-state index in [0.717, 1.165) is 25.0 Å². The van der Waals surface area contributed by atoms with Gasteiger partial charge in [-0.25, -0.2) is 12.8 Å². The number of nitrogens with two attached hydrogens (primary N) is 1. The highest BCUT2D eigenvalue weighted by molar-refractivity contribution is 7.92. The number of fused-ring (bicyclic) bond motifs is 1. The second-order valence-corrected chi connectivity index (χ2v) is 13.3. The summed E-state index contributed by atoms with van der Waals surface area (Å²) in [4.78, 5) is 27.9. The molecule has 4 atom stereocenters. The topological polar surface area (TPSA) is 97.5 Å². The summed E-state index contributed by atoms with van der Waals surface area (Å²) in [6, 6.07) is 7.18. The molecule has 3 aliphatic carbocycles. The lowest BCUT2D eigenvalue weighted by molar-refractivity contribution is -0.137. The molecule has 2 aromatic rings. The van der Waals surface area contributed by atoms with Gasteiger partial charge in [-0.15, -0.1) is 0 Å². The maximum absolute atomic E-state index is 15.3. The molecule has 2 amide bonds. The number of piperidine rings is 1. The first-order valence-corrected chi connectivity index (χ1v) is 14.2. The molecule has 2 N–H and O–H groups in total. The second-order valence-electron chi connectivity index (χ2n) is 11.0. The number of likely N-dealkylation sites (tertiary alicyclic amines) is 1. The number of rotatable bonds is 7. The number of carbonyl (C=O) groups excluding carboxylic acids is 2. The van der Waals surface area contributed by atoms with Gasteiger partial charge in [0, 0.05) is 11.5 Å². The van der Waals surface area contributed by atoms with Crippen LogP contribution in [0.5, 0.6) is 0 Å². The molecule has 4 aliphatic rings. The van der Waals surface area contributed by atoms with Crippen molar-refractivity contribution in [1.29, 1.82) is 0 Å². The van der Waals surface area contributed by atoms with Crippen LogP contribution in [0.4, 0.5) is 17.6 Å². The molecule has 1 heterocycles. The van der Waals surface area contributed by atoms with Gasteiger partial charge in [0.05, 0.1) is 21.2 Å². The summed E-state index contributed by atoms with van der Waals surface area (Å²) in [7, 11) is -3.58. The van der Waals surface area contributed by atoms with Gasteiger partial charge in [-0.05, 0) is 86.3 Å². The van der Waals surface area contributed by atoms with Crippen molar-refractivity contribution in [3.8, 4) is 0 Å². The van der Waals surface area contributed by atoms with Crippen molar-refractivity contribution in [2.75, 3.05) is 0 Å². The number of halogens is 4. The second kappa shape index (κ2) is 8.27. The molecule has 0 bridgehead atoms. The number of primary amides is 1. The molecule has 3 unspecified atom stereocenters. The van der Waals surface area contributed by atoms with Gasteiger partial charge in [0.25, 0.3) is 5.91 Å². The van der Waals surface area contributed by atoms with Gasteiger partial charge in [0.2, 0.25) is 5.91 Å². The zero-order chi connectivity index (χ0) is 27.2. The van der Waals surface area contributed by atoms with E-state index in [1.165, 1.54) is 29.2 Å². The van der Waals surface area contributed by atoms with E-state index in [2.05, 4.69) is 0 Å². The summed E-state index contributed by atoms with van der Waals surface area (Å²) >= 11 is 0.